The Labute approximate surface area is 94.3 Å². The van der Waals surface area contributed by atoms with Crippen molar-refractivity contribution in [3.05, 3.63) is 34.5 Å². The van der Waals surface area contributed by atoms with Crippen LogP contribution in [0.2, 0.25) is 0 Å². The Bertz CT molecular complexity index is 594. The summed E-state index contributed by atoms with van der Waals surface area (Å²) in [5.41, 5.74) is 4.31. The number of hydrogen-bond acceptors (Lipinski definition) is 1. The maximum Gasteiger partial charge on any atom is 0.338 e. The van der Waals surface area contributed by atoms with E-state index in [0.717, 1.165) is 27.7 Å². The SMILES string of the molecule is Cc1ccc2c(C)c(C)n(C)c2c1C(=O)O. The van der Waals surface area contributed by atoms with E-state index >= 15 is 0 Å². The van der Waals surface area contributed by atoms with Crippen LogP contribution in [0.1, 0.15) is 27.2 Å². The van der Waals surface area contributed by atoms with E-state index in [0.29, 0.717) is 5.56 Å². The zero-order valence-electron chi connectivity index (χ0n) is 9.96. The molecule has 0 aliphatic carbocycles. The number of aromatic nitrogens is 1. The van der Waals surface area contributed by atoms with Crippen molar-refractivity contribution in [2.75, 3.05) is 0 Å². The van der Waals surface area contributed by atoms with E-state index in [9.17, 15) is 9.90 Å². The molecule has 2 aromatic rings. The summed E-state index contributed by atoms with van der Waals surface area (Å²) in [7, 11) is 1.91. The summed E-state index contributed by atoms with van der Waals surface area (Å²) in [6, 6.07) is 3.87. The van der Waals surface area contributed by atoms with Gasteiger partial charge in [-0.25, -0.2) is 4.79 Å². The van der Waals surface area contributed by atoms with Crippen LogP contribution in [0.25, 0.3) is 10.9 Å². The van der Waals surface area contributed by atoms with Crippen molar-refractivity contribution in [2.45, 2.75) is 20.8 Å². The largest absolute Gasteiger partial charge is 0.478 e. The fourth-order valence-electron chi connectivity index (χ4n) is 2.23. The molecule has 0 aliphatic rings. The summed E-state index contributed by atoms with van der Waals surface area (Å²) in [4.78, 5) is 11.3. The van der Waals surface area contributed by atoms with E-state index < -0.39 is 5.97 Å². The van der Waals surface area contributed by atoms with Gasteiger partial charge in [0.1, 0.15) is 0 Å². The highest BCUT2D eigenvalue weighted by Crippen LogP contribution is 2.28. The Morgan fingerprint density at radius 2 is 1.88 bits per heavy atom. The minimum absolute atomic E-state index is 0.413. The Morgan fingerprint density at radius 1 is 1.25 bits per heavy atom. The van der Waals surface area contributed by atoms with E-state index in [-0.39, 0.29) is 0 Å². The van der Waals surface area contributed by atoms with Crippen LogP contribution in [0, 0.1) is 20.8 Å². The number of hydrogen-bond donors (Lipinski definition) is 1. The maximum atomic E-state index is 11.3. The van der Waals surface area contributed by atoms with Crippen molar-refractivity contribution in [1.82, 2.24) is 4.57 Å². The van der Waals surface area contributed by atoms with Crippen molar-refractivity contribution in [2.24, 2.45) is 7.05 Å². The van der Waals surface area contributed by atoms with Crippen molar-refractivity contribution in [1.29, 1.82) is 0 Å². The minimum Gasteiger partial charge on any atom is -0.478 e. The van der Waals surface area contributed by atoms with E-state index in [2.05, 4.69) is 0 Å². The second kappa shape index (κ2) is 3.37. The number of carboxylic acids is 1. The molecule has 3 heteroatoms. The van der Waals surface area contributed by atoms with Gasteiger partial charge in [-0.1, -0.05) is 12.1 Å². The number of rotatable bonds is 1. The first-order valence-electron chi connectivity index (χ1n) is 5.23. The maximum absolute atomic E-state index is 11.3. The molecule has 0 amide bonds. The lowest BCUT2D eigenvalue weighted by Crippen LogP contribution is -2.04. The zero-order chi connectivity index (χ0) is 12.0. The number of carbonyl (C=O) groups is 1. The second-order valence-corrected chi connectivity index (χ2v) is 4.23. The number of fused-ring (bicyclic) bond motifs is 1. The van der Waals surface area contributed by atoms with E-state index in [1.165, 1.54) is 0 Å². The smallest absolute Gasteiger partial charge is 0.338 e. The predicted molar refractivity (Wildman–Crippen MR) is 64.1 cm³/mol. The molecule has 0 radical (unpaired) electrons. The molecule has 1 heterocycles. The van der Waals surface area contributed by atoms with Crippen molar-refractivity contribution >= 4 is 16.9 Å². The summed E-state index contributed by atoms with van der Waals surface area (Å²) < 4.78 is 1.96. The van der Waals surface area contributed by atoms with Crippen molar-refractivity contribution < 1.29 is 9.90 Å². The van der Waals surface area contributed by atoms with Gasteiger partial charge in [-0.15, -0.1) is 0 Å². The van der Waals surface area contributed by atoms with E-state index in [4.69, 9.17) is 0 Å². The van der Waals surface area contributed by atoms with Gasteiger partial charge < -0.3 is 9.67 Å². The third kappa shape index (κ3) is 1.24. The van der Waals surface area contributed by atoms with Gasteiger partial charge in [0.15, 0.2) is 0 Å². The Morgan fingerprint density at radius 3 is 2.44 bits per heavy atom. The number of aryl methyl sites for hydroxylation is 3. The predicted octanol–water partition coefficient (Wildman–Crippen LogP) is 2.80. The van der Waals surface area contributed by atoms with Gasteiger partial charge in [-0.05, 0) is 31.9 Å². The quantitative estimate of drug-likeness (QED) is 0.798. The summed E-state index contributed by atoms with van der Waals surface area (Å²) in [5, 5.41) is 10.3. The average Bonchev–Trinajstić information content (AvgIpc) is 2.43. The molecule has 0 spiro atoms. The molecule has 0 unspecified atom stereocenters. The van der Waals surface area contributed by atoms with Crippen LogP contribution in [0.4, 0.5) is 0 Å². The average molecular weight is 217 g/mol. The first-order valence-corrected chi connectivity index (χ1v) is 5.23. The van der Waals surface area contributed by atoms with Gasteiger partial charge in [-0.2, -0.15) is 0 Å². The lowest BCUT2D eigenvalue weighted by Gasteiger charge is -2.06. The highest BCUT2D eigenvalue weighted by molar-refractivity contribution is 6.05. The Balaban J connectivity index is 3.04. The van der Waals surface area contributed by atoms with Crippen LogP contribution in [0.5, 0.6) is 0 Å². The molecule has 3 nitrogen and oxygen atoms in total. The first kappa shape index (κ1) is 10.7. The van der Waals surface area contributed by atoms with Crippen molar-refractivity contribution in [3.8, 4) is 0 Å². The fraction of sp³-hybridized carbons (Fsp3) is 0.308. The summed E-state index contributed by atoms with van der Waals surface area (Å²) >= 11 is 0. The monoisotopic (exact) mass is 217 g/mol. The number of carboxylic acid groups (broad SMARTS) is 1. The molecule has 16 heavy (non-hydrogen) atoms. The van der Waals surface area contributed by atoms with Crippen LogP contribution in [-0.4, -0.2) is 15.6 Å². The van der Waals surface area contributed by atoms with Crippen molar-refractivity contribution in [3.63, 3.8) is 0 Å². The molecule has 1 N–H and O–H groups in total. The topological polar surface area (TPSA) is 42.2 Å². The standard InChI is InChI=1S/C13H15NO2/c1-7-5-6-10-8(2)9(3)14(4)12(10)11(7)13(15)16/h5-6H,1-4H3,(H,15,16). The van der Waals surface area contributed by atoms with Gasteiger partial charge in [0.05, 0.1) is 11.1 Å². The highest BCUT2D eigenvalue weighted by atomic mass is 16.4. The lowest BCUT2D eigenvalue weighted by molar-refractivity contribution is 0.0698. The van der Waals surface area contributed by atoms with Gasteiger partial charge in [0.25, 0.3) is 0 Å². The third-order valence-electron chi connectivity index (χ3n) is 3.39. The molecule has 0 atom stereocenters. The zero-order valence-corrected chi connectivity index (χ0v) is 9.96. The van der Waals surface area contributed by atoms with Crippen LogP contribution in [0.15, 0.2) is 12.1 Å². The number of benzene rings is 1. The van der Waals surface area contributed by atoms with Gasteiger partial charge in [0.2, 0.25) is 0 Å². The second-order valence-electron chi connectivity index (χ2n) is 4.23. The van der Waals surface area contributed by atoms with E-state index in [1.54, 1.807) is 0 Å². The molecule has 0 bridgehead atoms. The molecule has 1 aromatic carbocycles. The number of aromatic carboxylic acids is 1. The summed E-state index contributed by atoms with van der Waals surface area (Å²) in [5.74, 6) is -0.858. The molecule has 0 saturated carbocycles. The molecule has 84 valence electrons. The Hall–Kier alpha value is -1.77. The van der Waals surface area contributed by atoms with Crippen LogP contribution in [-0.2, 0) is 7.05 Å². The van der Waals surface area contributed by atoms with Crippen LogP contribution < -0.4 is 0 Å². The lowest BCUT2D eigenvalue weighted by atomic mass is 10.0. The molecular weight excluding hydrogens is 202 g/mol. The van der Waals surface area contributed by atoms with Gasteiger partial charge in [-0.3, -0.25) is 0 Å². The van der Waals surface area contributed by atoms with Gasteiger partial charge in [0, 0.05) is 18.1 Å². The number of nitrogens with zero attached hydrogens (tertiary/aromatic N) is 1. The molecular formula is C13H15NO2. The highest BCUT2D eigenvalue weighted by Gasteiger charge is 2.17. The van der Waals surface area contributed by atoms with Crippen LogP contribution in [0.3, 0.4) is 0 Å². The molecule has 0 fully saturated rings. The third-order valence-corrected chi connectivity index (χ3v) is 3.39. The normalized spacial score (nSPS) is 11.0. The fourth-order valence-corrected chi connectivity index (χ4v) is 2.23. The summed E-state index contributed by atoms with van der Waals surface area (Å²) in [6.07, 6.45) is 0. The molecule has 1 aromatic heterocycles. The summed E-state index contributed by atoms with van der Waals surface area (Å²) in [6.45, 7) is 5.87. The van der Waals surface area contributed by atoms with Crippen LogP contribution >= 0.6 is 0 Å². The first-order chi connectivity index (χ1) is 7.45. The van der Waals surface area contributed by atoms with E-state index in [1.807, 2.05) is 44.5 Å². The minimum atomic E-state index is -0.858. The molecule has 0 aliphatic heterocycles. The Kier molecular flexibility index (Phi) is 2.26. The molecule has 2 rings (SSSR count). The van der Waals surface area contributed by atoms with Gasteiger partial charge >= 0.3 is 5.97 Å². The molecule has 0 saturated heterocycles.